The molecule has 2 rings (SSSR count). The average Bonchev–Trinajstić information content (AvgIpc) is 2.77. The van der Waals surface area contributed by atoms with Gasteiger partial charge in [-0.05, 0) is 43.4 Å². The van der Waals surface area contributed by atoms with Crippen LogP contribution >= 0.6 is 0 Å². The van der Waals surface area contributed by atoms with Gasteiger partial charge < -0.3 is 10.2 Å². The third-order valence-electron chi connectivity index (χ3n) is 4.09. The molecule has 0 spiro atoms. The van der Waals surface area contributed by atoms with Crippen LogP contribution in [-0.2, 0) is 0 Å². The Balaban J connectivity index is 2.19. The number of carbonyl (C=O) groups is 1. The maximum absolute atomic E-state index is 12.0. The molecule has 0 aromatic heterocycles. The van der Waals surface area contributed by atoms with Crippen LogP contribution in [0.5, 0.6) is 0 Å². The van der Waals surface area contributed by atoms with Gasteiger partial charge >= 0.3 is 0 Å². The van der Waals surface area contributed by atoms with Gasteiger partial charge in [-0.1, -0.05) is 19.4 Å². The van der Waals surface area contributed by atoms with E-state index in [9.17, 15) is 4.79 Å². The monoisotopic (exact) mass is 260 g/mol. The summed E-state index contributed by atoms with van der Waals surface area (Å²) in [6, 6.07) is 6.46. The van der Waals surface area contributed by atoms with E-state index in [-0.39, 0.29) is 5.91 Å². The minimum absolute atomic E-state index is 0.0579. The Bertz CT molecular complexity index is 468. The van der Waals surface area contributed by atoms with Gasteiger partial charge in [0.1, 0.15) is 0 Å². The van der Waals surface area contributed by atoms with E-state index in [1.165, 1.54) is 24.8 Å². The largest absolute Gasteiger partial charge is 0.382 e. The summed E-state index contributed by atoms with van der Waals surface area (Å²) in [5.74, 6) is 0.773. The SMILES string of the molecule is Cc1ccc(C(=O)N(C)C)cc1NC1CCCC1C. The van der Waals surface area contributed by atoms with Gasteiger partial charge in [-0.25, -0.2) is 0 Å². The molecule has 3 heteroatoms. The zero-order valence-corrected chi connectivity index (χ0v) is 12.4. The smallest absolute Gasteiger partial charge is 0.253 e. The number of nitrogens with zero attached hydrogens (tertiary/aromatic N) is 1. The molecule has 1 aliphatic rings. The second-order valence-corrected chi connectivity index (χ2v) is 5.89. The second-order valence-electron chi connectivity index (χ2n) is 5.89. The number of aryl methyl sites for hydroxylation is 1. The van der Waals surface area contributed by atoms with Crippen molar-refractivity contribution in [2.75, 3.05) is 19.4 Å². The number of anilines is 1. The van der Waals surface area contributed by atoms with Crippen molar-refractivity contribution in [3.05, 3.63) is 29.3 Å². The van der Waals surface area contributed by atoms with E-state index in [4.69, 9.17) is 0 Å². The summed E-state index contributed by atoms with van der Waals surface area (Å²) in [6.07, 6.45) is 3.83. The van der Waals surface area contributed by atoms with Gasteiger partial charge in [0.15, 0.2) is 0 Å². The van der Waals surface area contributed by atoms with Crippen LogP contribution in [0, 0.1) is 12.8 Å². The maximum atomic E-state index is 12.0. The summed E-state index contributed by atoms with van der Waals surface area (Å²) in [7, 11) is 3.57. The Morgan fingerprint density at radius 3 is 2.63 bits per heavy atom. The zero-order valence-electron chi connectivity index (χ0n) is 12.4. The van der Waals surface area contributed by atoms with Gasteiger partial charge in [0, 0.05) is 31.4 Å². The number of benzene rings is 1. The van der Waals surface area contributed by atoms with Crippen LogP contribution in [0.4, 0.5) is 5.69 Å². The molecule has 0 bridgehead atoms. The predicted octanol–water partition coefficient (Wildman–Crippen LogP) is 3.30. The molecule has 2 unspecified atom stereocenters. The van der Waals surface area contributed by atoms with Crippen LogP contribution in [0.1, 0.15) is 42.1 Å². The highest BCUT2D eigenvalue weighted by Gasteiger charge is 2.23. The lowest BCUT2D eigenvalue weighted by Crippen LogP contribution is -2.24. The summed E-state index contributed by atoms with van der Waals surface area (Å²) in [5.41, 5.74) is 3.06. The van der Waals surface area contributed by atoms with E-state index >= 15 is 0 Å². The predicted molar refractivity (Wildman–Crippen MR) is 79.6 cm³/mol. The Morgan fingerprint density at radius 2 is 2.05 bits per heavy atom. The fourth-order valence-electron chi connectivity index (χ4n) is 2.73. The van der Waals surface area contributed by atoms with E-state index in [0.717, 1.165) is 11.3 Å². The summed E-state index contributed by atoms with van der Waals surface area (Å²) < 4.78 is 0. The zero-order chi connectivity index (χ0) is 14.0. The third kappa shape index (κ3) is 3.09. The minimum atomic E-state index is 0.0579. The van der Waals surface area contributed by atoms with Crippen LogP contribution in [0.15, 0.2) is 18.2 Å². The van der Waals surface area contributed by atoms with Gasteiger partial charge in [0.2, 0.25) is 0 Å². The number of rotatable bonds is 3. The van der Waals surface area contributed by atoms with E-state index in [1.54, 1.807) is 19.0 Å². The molecule has 0 saturated heterocycles. The Labute approximate surface area is 116 Å². The highest BCUT2D eigenvalue weighted by Crippen LogP contribution is 2.29. The average molecular weight is 260 g/mol. The van der Waals surface area contributed by atoms with Gasteiger partial charge in [-0.3, -0.25) is 4.79 Å². The molecule has 0 radical (unpaired) electrons. The minimum Gasteiger partial charge on any atom is -0.382 e. The lowest BCUT2D eigenvalue weighted by atomic mass is 10.0. The van der Waals surface area contributed by atoms with E-state index in [2.05, 4.69) is 19.2 Å². The third-order valence-corrected chi connectivity index (χ3v) is 4.09. The van der Waals surface area contributed by atoms with Crippen LogP contribution in [-0.4, -0.2) is 30.9 Å². The fourth-order valence-corrected chi connectivity index (χ4v) is 2.73. The molecule has 1 aromatic rings. The molecule has 0 aliphatic heterocycles. The Morgan fingerprint density at radius 1 is 1.32 bits per heavy atom. The van der Waals surface area contributed by atoms with Crippen molar-refractivity contribution in [2.24, 2.45) is 5.92 Å². The van der Waals surface area contributed by atoms with E-state index < -0.39 is 0 Å². The Kier molecular flexibility index (Phi) is 4.13. The van der Waals surface area contributed by atoms with Crippen molar-refractivity contribution in [3.63, 3.8) is 0 Å². The quantitative estimate of drug-likeness (QED) is 0.904. The Hall–Kier alpha value is -1.51. The summed E-state index contributed by atoms with van der Waals surface area (Å²) >= 11 is 0. The highest BCUT2D eigenvalue weighted by molar-refractivity contribution is 5.95. The number of amides is 1. The molecule has 1 amide bonds. The molecule has 1 fully saturated rings. The molecule has 1 saturated carbocycles. The van der Waals surface area contributed by atoms with Crippen LogP contribution in [0.25, 0.3) is 0 Å². The molecular weight excluding hydrogens is 236 g/mol. The second kappa shape index (κ2) is 5.64. The van der Waals surface area contributed by atoms with Crippen molar-refractivity contribution in [3.8, 4) is 0 Å². The van der Waals surface area contributed by atoms with E-state index in [0.29, 0.717) is 12.0 Å². The fraction of sp³-hybridized carbons (Fsp3) is 0.562. The van der Waals surface area contributed by atoms with Gasteiger partial charge in [-0.2, -0.15) is 0 Å². The summed E-state index contributed by atoms with van der Waals surface area (Å²) in [5, 5.41) is 3.62. The highest BCUT2D eigenvalue weighted by atomic mass is 16.2. The molecule has 19 heavy (non-hydrogen) atoms. The molecule has 2 atom stereocenters. The van der Waals surface area contributed by atoms with Crippen LogP contribution < -0.4 is 5.32 Å². The maximum Gasteiger partial charge on any atom is 0.253 e. The standard InChI is InChI=1S/C16H24N2O/c1-11-6-5-7-14(11)17-15-10-13(9-8-12(15)2)16(19)18(3)4/h8-11,14,17H,5-7H2,1-4H3. The first-order valence-corrected chi connectivity index (χ1v) is 7.08. The lowest BCUT2D eigenvalue weighted by molar-refractivity contribution is 0.0827. The van der Waals surface area contributed by atoms with Crippen LogP contribution in [0.2, 0.25) is 0 Å². The topological polar surface area (TPSA) is 32.3 Å². The van der Waals surface area contributed by atoms with E-state index in [1.807, 2.05) is 18.2 Å². The van der Waals surface area contributed by atoms with Gasteiger partial charge in [0.25, 0.3) is 5.91 Å². The van der Waals surface area contributed by atoms with Crippen LogP contribution in [0.3, 0.4) is 0 Å². The lowest BCUT2D eigenvalue weighted by Gasteiger charge is -2.21. The first-order valence-electron chi connectivity index (χ1n) is 7.08. The van der Waals surface area contributed by atoms with Crippen molar-refractivity contribution >= 4 is 11.6 Å². The first kappa shape index (κ1) is 13.9. The number of nitrogens with one attached hydrogen (secondary N) is 1. The number of hydrogen-bond donors (Lipinski definition) is 1. The molecule has 1 N–H and O–H groups in total. The van der Waals surface area contributed by atoms with Gasteiger partial charge in [-0.15, -0.1) is 0 Å². The molecule has 1 aromatic carbocycles. The van der Waals surface area contributed by atoms with Crippen molar-refractivity contribution in [1.29, 1.82) is 0 Å². The molecular formula is C16H24N2O. The molecule has 104 valence electrons. The van der Waals surface area contributed by atoms with Crippen molar-refractivity contribution in [2.45, 2.75) is 39.2 Å². The molecule has 1 aliphatic carbocycles. The summed E-state index contributed by atoms with van der Waals surface area (Å²) in [4.78, 5) is 13.6. The molecule has 0 heterocycles. The van der Waals surface area contributed by atoms with Gasteiger partial charge in [0.05, 0.1) is 0 Å². The molecule has 3 nitrogen and oxygen atoms in total. The normalized spacial score (nSPS) is 22.3. The summed E-state index contributed by atoms with van der Waals surface area (Å²) in [6.45, 7) is 4.39. The number of carbonyl (C=O) groups excluding carboxylic acids is 1. The first-order chi connectivity index (χ1) is 8.99. The number of hydrogen-bond acceptors (Lipinski definition) is 2. The van der Waals surface area contributed by atoms with Crippen molar-refractivity contribution in [1.82, 2.24) is 4.90 Å². The van der Waals surface area contributed by atoms with Crippen molar-refractivity contribution < 1.29 is 4.79 Å².